The molecule has 4 aliphatic rings. The van der Waals surface area contributed by atoms with Crippen molar-refractivity contribution in [2.45, 2.75) is 233 Å². The molecule has 3 aliphatic heterocycles. The van der Waals surface area contributed by atoms with Crippen LogP contribution in [0.5, 0.6) is 0 Å². The quantitative estimate of drug-likeness (QED) is 0.139. The Kier molecular flexibility index (Phi) is 21.4. The summed E-state index contributed by atoms with van der Waals surface area (Å²) in [5.74, 6) is -3.33. The van der Waals surface area contributed by atoms with Crippen molar-refractivity contribution in [2.75, 3.05) is 48.1 Å². The zero-order chi connectivity index (χ0) is 57.1. The summed E-state index contributed by atoms with van der Waals surface area (Å²) in [5, 5.41) is 68.6. The van der Waals surface area contributed by atoms with E-state index < -0.39 is 142 Å². The van der Waals surface area contributed by atoms with Crippen molar-refractivity contribution < 1.29 is 71.6 Å². The Hall–Kier alpha value is -2.77. The number of aliphatic hydroxyl groups is 5. The first-order chi connectivity index (χ1) is 36.1. The molecule has 3 saturated heterocycles. The van der Waals surface area contributed by atoms with Gasteiger partial charge >= 0.3 is 5.97 Å². The number of carbonyl (C=O) groups is 1. The highest BCUT2D eigenvalue weighted by molar-refractivity contribution is 7.92. The molecule has 4 heterocycles. The molecule has 1 aromatic carbocycles. The van der Waals surface area contributed by atoms with E-state index in [1.54, 1.807) is 72.0 Å². The number of hydrogen-bond acceptors (Lipinski definition) is 18. The first kappa shape index (κ1) is 63.4. The second-order valence-corrected chi connectivity index (χ2v) is 26.3. The summed E-state index contributed by atoms with van der Waals surface area (Å²) >= 11 is 0. The highest BCUT2D eigenvalue weighted by Crippen LogP contribution is 2.45. The summed E-state index contributed by atoms with van der Waals surface area (Å²) in [6.45, 7) is 17.7. The van der Waals surface area contributed by atoms with Crippen LogP contribution in [0.4, 0.5) is 4.39 Å². The molecule has 0 spiro atoms. The third-order valence-electron chi connectivity index (χ3n) is 18.1. The lowest BCUT2D eigenvalue weighted by Crippen LogP contribution is -2.62. The molecule has 0 radical (unpaired) electrons. The van der Waals surface area contributed by atoms with Crippen LogP contribution in [0.2, 0.25) is 0 Å². The van der Waals surface area contributed by atoms with Gasteiger partial charge in [0.1, 0.15) is 48.8 Å². The Bertz CT molecular complexity index is 2310. The van der Waals surface area contributed by atoms with Crippen molar-refractivity contribution in [1.29, 1.82) is 0 Å². The molecule has 1 saturated carbocycles. The number of cyclic esters (lactones) is 1. The lowest BCUT2D eigenvalue weighted by Gasteiger charge is -2.51. The summed E-state index contributed by atoms with van der Waals surface area (Å²) in [4.78, 5) is 18.8. The molecule has 19 nitrogen and oxygen atoms in total. The molecular weight excluding hydrogens is 1020 g/mol. The molecule has 440 valence electrons. The fourth-order valence-corrected chi connectivity index (χ4v) is 15.2. The summed E-state index contributed by atoms with van der Waals surface area (Å²) in [6.07, 6.45) is -3.62. The van der Waals surface area contributed by atoms with E-state index >= 15 is 0 Å². The second-order valence-electron chi connectivity index (χ2n) is 24.1. The van der Waals surface area contributed by atoms with Gasteiger partial charge in [0, 0.05) is 64.3 Å². The van der Waals surface area contributed by atoms with Gasteiger partial charge in [-0.3, -0.25) is 4.79 Å². The molecule has 6 rings (SSSR count). The third kappa shape index (κ3) is 13.9. The van der Waals surface area contributed by atoms with Crippen molar-refractivity contribution in [2.24, 2.45) is 23.7 Å². The van der Waals surface area contributed by atoms with Crippen LogP contribution in [0.25, 0.3) is 0 Å². The number of esters is 1. The van der Waals surface area contributed by atoms with E-state index in [9.17, 15) is 43.1 Å². The number of methoxy groups -OCH3 is 2. The fourth-order valence-electron chi connectivity index (χ4n) is 13.3. The van der Waals surface area contributed by atoms with E-state index in [2.05, 4.69) is 10.3 Å². The topological polar surface area (TPSA) is 245 Å². The van der Waals surface area contributed by atoms with Gasteiger partial charge < -0.3 is 63.8 Å². The highest BCUT2D eigenvalue weighted by atomic mass is 32.2. The van der Waals surface area contributed by atoms with E-state index in [-0.39, 0.29) is 30.1 Å². The van der Waals surface area contributed by atoms with Gasteiger partial charge in [0.2, 0.25) is 0 Å². The lowest BCUT2D eigenvalue weighted by atomic mass is 9.68. The summed E-state index contributed by atoms with van der Waals surface area (Å²) in [7, 11) is 3.22. The van der Waals surface area contributed by atoms with Crippen LogP contribution < -0.4 is 0 Å². The average molecular weight is 1110 g/mol. The number of aliphatic hydroxyl groups excluding tert-OH is 3. The predicted octanol–water partition coefficient (Wildman–Crippen LogP) is 4.99. The lowest BCUT2D eigenvalue weighted by molar-refractivity contribution is -0.302. The van der Waals surface area contributed by atoms with Crippen molar-refractivity contribution >= 4 is 15.8 Å². The minimum atomic E-state index is -3.47. The minimum Gasteiger partial charge on any atom is -0.459 e. The number of ether oxygens (including phenoxy) is 6. The van der Waals surface area contributed by atoms with Crippen molar-refractivity contribution in [1.82, 2.24) is 24.8 Å². The molecule has 77 heavy (non-hydrogen) atoms. The van der Waals surface area contributed by atoms with Gasteiger partial charge in [-0.15, -0.1) is 5.10 Å². The normalized spacial score (nSPS) is 39.7. The molecule has 21 heteroatoms. The minimum absolute atomic E-state index is 0.160. The zero-order valence-electron chi connectivity index (χ0n) is 48.2. The van der Waals surface area contributed by atoms with Gasteiger partial charge in [-0.2, -0.15) is 0 Å². The molecule has 1 aliphatic carbocycles. The van der Waals surface area contributed by atoms with E-state index in [0.29, 0.717) is 50.0 Å². The highest BCUT2D eigenvalue weighted by Gasteiger charge is 2.55. The number of hydrogen-bond donors (Lipinski definition) is 5. The van der Waals surface area contributed by atoms with Crippen LogP contribution in [0.3, 0.4) is 0 Å². The number of benzene rings is 1. The molecule has 20 atom stereocenters. The molecule has 1 aromatic heterocycles. The van der Waals surface area contributed by atoms with E-state index in [4.69, 9.17) is 28.4 Å². The maximum atomic E-state index is 15.0. The van der Waals surface area contributed by atoms with Crippen LogP contribution in [0.1, 0.15) is 144 Å². The predicted molar refractivity (Wildman–Crippen MR) is 286 cm³/mol. The third-order valence-corrected chi connectivity index (χ3v) is 20.4. The number of sulfone groups is 1. The number of rotatable bonds is 16. The molecule has 0 bridgehead atoms. The Morgan fingerprint density at radius 3 is 2.21 bits per heavy atom. The van der Waals surface area contributed by atoms with Gasteiger partial charge in [-0.25, -0.2) is 17.5 Å². The molecular formula is C56H94FN5O14S. The molecule has 4 fully saturated rings. The first-order valence-electron chi connectivity index (χ1n) is 28.0. The van der Waals surface area contributed by atoms with Crippen LogP contribution in [0, 0.1) is 23.7 Å². The van der Waals surface area contributed by atoms with Crippen LogP contribution in [-0.2, 0) is 49.5 Å². The van der Waals surface area contributed by atoms with Crippen molar-refractivity contribution in [3.05, 3.63) is 41.7 Å². The number of likely N-dealkylation sites (N-methyl/N-ethyl adjacent to an activating group) is 2. The number of carbonyl (C=O) groups excluding carboxylic acids is 1. The van der Waals surface area contributed by atoms with E-state index in [0.717, 1.165) is 12.8 Å². The monoisotopic (exact) mass is 1110 g/mol. The summed E-state index contributed by atoms with van der Waals surface area (Å²) in [5.41, 5.74) is -3.40. The van der Waals surface area contributed by atoms with E-state index in [1.807, 2.05) is 44.7 Å². The molecule has 1 unspecified atom stereocenters. The fraction of sp³-hybridized carbons (Fsp3) is 0.839. The SMILES string of the molecule is CC[C@H]1OC(=O)[C@H](C)C([C@H]2C[C@@](C)(OC)[C@@H](O)[C@H](C)O2)[C@H](C)[C@@H](O[C@@H]2O[C@H](C)C[C@H](N(C)CCc3cn([C@H](CF)[C@H](OC)c4ccc(S(=O)(=O)C5CCCC5)cc4)nn3)[C@H]2O)[C@](C)(O)C[C@@H](C)CN(C)[C@H](C)[C@@H](O)[C@]1(C)O. The van der Waals surface area contributed by atoms with Crippen LogP contribution in [-0.4, -0.2) is 202 Å². The number of halogens is 1. The molecule has 5 N–H and O–H groups in total. The average Bonchev–Trinajstić information content (AvgIpc) is 4.11. The second kappa shape index (κ2) is 26.0. The van der Waals surface area contributed by atoms with E-state index in [1.165, 1.54) is 25.8 Å². The zero-order valence-corrected chi connectivity index (χ0v) is 49.0. The molecule has 0 amide bonds. The van der Waals surface area contributed by atoms with Crippen LogP contribution >= 0.6 is 0 Å². The van der Waals surface area contributed by atoms with Crippen molar-refractivity contribution in [3.8, 4) is 0 Å². The van der Waals surface area contributed by atoms with Gasteiger partial charge in [-0.05, 0) is 117 Å². The van der Waals surface area contributed by atoms with Gasteiger partial charge in [-0.1, -0.05) is 57.9 Å². The van der Waals surface area contributed by atoms with Crippen LogP contribution in [0.15, 0.2) is 35.4 Å². The smallest absolute Gasteiger partial charge is 0.309 e. The summed E-state index contributed by atoms with van der Waals surface area (Å²) < 4.78 is 80.9. The van der Waals surface area contributed by atoms with Gasteiger partial charge in [0.05, 0.1) is 57.4 Å². The first-order valence-corrected chi connectivity index (χ1v) is 29.6. The Morgan fingerprint density at radius 1 is 0.961 bits per heavy atom. The Morgan fingerprint density at radius 2 is 1.61 bits per heavy atom. The molecule has 2 aromatic rings. The standard InChI is InChI=1S/C56H94FN5O14S/c1-15-45-56(10,68)49(64)36(6)61(12)30-32(2)27-54(8,67)51(34(4)46(35(5)52(66)75-45)44-28-55(9,72-14)50(65)37(7)74-44)76-53-47(63)42(26-33(3)73-53)60(11)25-24-39-31-62(59-58-39)43(29-57)48(71-13)38-20-22-41(23-21-38)77(69,70)40-18-16-17-19-40/h20-23,31-37,40,42-51,53,63-65,67-68H,15-19,24-30H2,1-14H3/t32-,33-,34+,35-,36-,37+,42+,43-,44-,45-,46?,47-,48-,49-,50+,51-,53+,54-,55-,56-/m1/s1. The van der Waals surface area contributed by atoms with Gasteiger partial charge in [0.25, 0.3) is 0 Å². The number of nitrogens with zero attached hydrogens (tertiary/aromatic N) is 5. The summed E-state index contributed by atoms with van der Waals surface area (Å²) in [6, 6.07) is 4.47. The van der Waals surface area contributed by atoms with Gasteiger partial charge in [0.15, 0.2) is 16.1 Å². The maximum absolute atomic E-state index is 15.0. The van der Waals surface area contributed by atoms with Crippen molar-refractivity contribution in [3.63, 3.8) is 0 Å². The Balaban J connectivity index is 1.25. The maximum Gasteiger partial charge on any atom is 0.309 e. The number of aromatic nitrogens is 3. The largest absolute Gasteiger partial charge is 0.459 e. The Labute approximate surface area is 457 Å². The number of alkyl halides is 1.